The van der Waals surface area contributed by atoms with Gasteiger partial charge in [0.05, 0.1) is 11.9 Å². The van der Waals surface area contributed by atoms with Crippen LogP contribution in [0.4, 0.5) is 10.1 Å². The SMILES string of the molecule is Cc1ccc(N(CCCC(=O)NCCc2ccc(F)cc2)S(C)(=O)=O)cc1. The Bertz CT molecular complexity index is 850. The van der Waals surface area contributed by atoms with Crippen molar-refractivity contribution in [1.82, 2.24) is 5.32 Å². The summed E-state index contributed by atoms with van der Waals surface area (Å²) in [6.07, 6.45) is 2.44. The third-order valence-corrected chi connectivity index (χ3v) is 5.33. The number of hydrogen-bond donors (Lipinski definition) is 1. The summed E-state index contributed by atoms with van der Waals surface area (Å²) in [5, 5.41) is 2.80. The molecule has 2 aromatic rings. The lowest BCUT2D eigenvalue weighted by atomic mass is 10.1. The molecular formula is C20H25FN2O3S. The number of benzene rings is 2. The van der Waals surface area contributed by atoms with Gasteiger partial charge in [-0.25, -0.2) is 12.8 Å². The number of carbonyl (C=O) groups is 1. The average Bonchev–Trinajstić information content (AvgIpc) is 2.60. The van der Waals surface area contributed by atoms with Gasteiger partial charge in [0, 0.05) is 19.5 Å². The van der Waals surface area contributed by atoms with E-state index in [4.69, 9.17) is 0 Å². The first-order chi connectivity index (χ1) is 12.8. The fourth-order valence-corrected chi connectivity index (χ4v) is 3.63. The van der Waals surface area contributed by atoms with E-state index in [1.165, 1.54) is 16.4 Å². The molecule has 2 rings (SSSR count). The number of carbonyl (C=O) groups excluding carboxylic acids is 1. The Labute approximate surface area is 160 Å². The Morgan fingerprint density at radius 1 is 1.07 bits per heavy atom. The van der Waals surface area contributed by atoms with E-state index in [0.717, 1.165) is 17.4 Å². The summed E-state index contributed by atoms with van der Waals surface area (Å²) in [4.78, 5) is 12.0. The fraction of sp³-hybridized carbons (Fsp3) is 0.350. The molecule has 5 nitrogen and oxygen atoms in total. The number of anilines is 1. The molecule has 1 amide bonds. The van der Waals surface area contributed by atoms with Crippen molar-refractivity contribution in [1.29, 1.82) is 0 Å². The second kappa shape index (κ2) is 9.50. The molecule has 7 heteroatoms. The van der Waals surface area contributed by atoms with Crippen molar-refractivity contribution in [2.24, 2.45) is 0 Å². The van der Waals surface area contributed by atoms with Crippen molar-refractivity contribution in [2.75, 3.05) is 23.7 Å². The van der Waals surface area contributed by atoms with Crippen LogP contribution in [0.1, 0.15) is 24.0 Å². The van der Waals surface area contributed by atoms with E-state index >= 15 is 0 Å². The second-order valence-corrected chi connectivity index (χ2v) is 8.41. The van der Waals surface area contributed by atoms with Gasteiger partial charge in [-0.3, -0.25) is 9.10 Å². The smallest absolute Gasteiger partial charge is 0.232 e. The Kier molecular flexibility index (Phi) is 7.36. The molecule has 0 bridgehead atoms. The maximum atomic E-state index is 12.9. The average molecular weight is 392 g/mol. The zero-order valence-corrected chi connectivity index (χ0v) is 16.4. The first-order valence-corrected chi connectivity index (χ1v) is 10.7. The number of nitrogens with one attached hydrogen (secondary N) is 1. The summed E-state index contributed by atoms with van der Waals surface area (Å²) < 4.78 is 38.3. The van der Waals surface area contributed by atoms with E-state index in [1.54, 1.807) is 24.3 Å². The molecule has 0 saturated carbocycles. The monoisotopic (exact) mass is 392 g/mol. The van der Waals surface area contributed by atoms with Gasteiger partial charge in [-0.05, 0) is 49.6 Å². The van der Waals surface area contributed by atoms with Gasteiger partial charge in [-0.2, -0.15) is 0 Å². The van der Waals surface area contributed by atoms with Crippen LogP contribution >= 0.6 is 0 Å². The van der Waals surface area contributed by atoms with Crippen LogP contribution < -0.4 is 9.62 Å². The maximum Gasteiger partial charge on any atom is 0.232 e. The van der Waals surface area contributed by atoms with Crippen LogP contribution in [0, 0.1) is 12.7 Å². The summed E-state index contributed by atoms with van der Waals surface area (Å²) in [7, 11) is -3.41. The van der Waals surface area contributed by atoms with Gasteiger partial charge in [0.15, 0.2) is 0 Å². The van der Waals surface area contributed by atoms with E-state index in [1.807, 2.05) is 19.1 Å². The van der Waals surface area contributed by atoms with Gasteiger partial charge in [0.1, 0.15) is 5.82 Å². The first-order valence-electron chi connectivity index (χ1n) is 8.81. The number of amides is 1. The molecule has 0 atom stereocenters. The third kappa shape index (κ3) is 7.02. The van der Waals surface area contributed by atoms with Gasteiger partial charge in [-0.15, -0.1) is 0 Å². The highest BCUT2D eigenvalue weighted by molar-refractivity contribution is 7.92. The Morgan fingerprint density at radius 3 is 2.30 bits per heavy atom. The second-order valence-electron chi connectivity index (χ2n) is 6.50. The number of sulfonamides is 1. The molecule has 1 N–H and O–H groups in total. The number of rotatable bonds is 9. The van der Waals surface area contributed by atoms with Crippen molar-refractivity contribution in [3.05, 3.63) is 65.5 Å². The number of aryl methyl sites for hydroxylation is 1. The molecule has 27 heavy (non-hydrogen) atoms. The molecule has 0 saturated heterocycles. The minimum absolute atomic E-state index is 0.130. The van der Waals surface area contributed by atoms with Gasteiger partial charge in [0.25, 0.3) is 0 Å². The number of nitrogens with zero attached hydrogens (tertiary/aromatic N) is 1. The molecular weight excluding hydrogens is 367 g/mol. The minimum Gasteiger partial charge on any atom is -0.356 e. The number of hydrogen-bond acceptors (Lipinski definition) is 3. The van der Waals surface area contributed by atoms with Gasteiger partial charge in [-0.1, -0.05) is 29.8 Å². The van der Waals surface area contributed by atoms with Crippen LogP contribution in [-0.4, -0.2) is 33.7 Å². The summed E-state index contributed by atoms with van der Waals surface area (Å²) >= 11 is 0. The largest absolute Gasteiger partial charge is 0.356 e. The molecule has 0 heterocycles. The predicted octanol–water partition coefficient (Wildman–Crippen LogP) is 3.04. The predicted molar refractivity (Wildman–Crippen MR) is 106 cm³/mol. The summed E-state index contributed by atoms with van der Waals surface area (Å²) in [6, 6.07) is 13.4. The first kappa shape index (κ1) is 20.9. The van der Waals surface area contributed by atoms with Gasteiger partial charge >= 0.3 is 0 Å². The van der Waals surface area contributed by atoms with Crippen LogP contribution in [0.2, 0.25) is 0 Å². The normalized spacial score (nSPS) is 11.2. The highest BCUT2D eigenvalue weighted by atomic mass is 32.2. The van der Waals surface area contributed by atoms with Crippen LogP contribution in [0.15, 0.2) is 48.5 Å². The molecule has 146 valence electrons. The zero-order valence-electron chi connectivity index (χ0n) is 15.6. The molecule has 0 aromatic heterocycles. The maximum absolute atomic E-state index is 12.9. The van der Waals surface area contributed by atoms with Crippen LogP contribution in [0.3, 0.4) is 0 Å². The molecule has 0 aliphatic carbocycles. The highest BCUT2D eigenvalue weighted by Gasteiger charge is 2.17. The topological polar surface area (TPSA) is 66.5 Å². The van der Waals surface area contributed by atoms with E-state index in [9.17, 15) is 17.6 Å². The Balaban J connectivity index is 1.79. The molecule has 0 radical (unpaired) electrons. The number of halogens is 1. The Hall–Kier alpha value is -2.41. The van der Waals surface area contributed by atoms with Crippen LogP contribution in [0.25, 0.3) is 0 Å². The van der Waals surface area contributed by atoms with Crippen molar-refractivity contribution in [2.45, 2.75) is 26.2 Å². The zero-order chi connectivity index (χ0) is 19.9. The van der Waals surface area contributed by atoms with Gasteiger partial charge in [0.2, 0.25) is 15.9 Å². The van der Waals surface area contributed by atoms with E-state index in [0.29, 0.717) is 25.1 Å². The molecule has 2 aromatic carbocycles. The van der Waals surface area contributed by atoms with E-state index in [-0.39, 0.29) is 24.7 Å². The summed E-state index contributed by atoms with van der Waals surface area (Å²) in [5.74, 6) is -0.415. The quantitative estimate of drug-likeness (QED) is 0.713. The highest BCUT2D eigenvalue weighted by Crippen LogP contribution is 2.18. The van der Waals surface area contributed by atoms with E-state index < -0.39 is 10.0 Å². The molecule has 0 aliphatic heterocycles. The van der Waals surface area contributed by atoms with Crippen molar-refractivity contribution in [3.8, 4) is 0 Å². The van der Waals surface area contributed by atoms with Crippen molar-refractivity contribution >= 4 is 21.6 Å². The summed E-state index contributed by atoms with van der Waals surface area (Å²) in [6.45, 7) is 2.64. The standard InChI is InChI=1S/C20H25FN2O3S/c1-16-5-11-19(12-6-16)23(27(2,25)26)15-3-4-20(24)22-14-13-17-7-9-18(21)10-8-17/h5-12H,3-4,13-15H2,1-2H3,(H,22,24). The molecule has 0 aliphatic rings. The van der Waals surface area contributed by atoms with Crippen LogP contribution in [0.5, 0.6) is 0 Å². The van der Waals surface area contributed by atoms with Crippen molar-refractivity contribution < 1.29 is 17.6 Å². The van der Waals surface area contributed by atoms with E-state index in [2.05, 4.69) is 5.32 Å². The van der Waals surface area contributed by atoms with Crippen LogP contribution in [-0.2, 0) is 21.2 Å². The lowest BCUT2D eigenvalue weighted by molar-refractivity contribution is -0.121. The third-order valence-electron chi connectivity index (χ3n) is 4.14. The lowest BCUT2D eigenvalue weighted by Crippen LogP contribution is -2.32. The molecule has 0 unspecified atom stereocenters. The lowest BCUT2D eigenvalue weighted by Gasteiger charge is -2.22. The van der Waals surface area contributed by atoms with Gasteiger partial charge < -0.3 is 5.32 Å². The minimum atomic E-state index is -3.41. The summed E-state index contributed by atoms with van der Waals surface area (Å²) in [5.41, 5.74) is 2.59. The van der Waals surface area contributed by atoms with Crippen molar-refractivity contribution in [3.63, 3.8) is 0 Å². The molecule has 0 fully saturated rings. The molecule has 0 spiro atoms. The fourth-order valence-electron chi connectivity index (χ4n) is 2.67. The Morgan fingerprint density at radius 2 is 1.70 bits per heavy atom.